The number of aliphatic hydroxyl groups excluding tert-OH is 2. The zero-order valence-electron chi connectivity index (χ0n) is 40.2. The van der Waals surface area contributed by atoms with E-state index in [0.29, 0.717) is 49.8 Å². The summed E-state index contributed by atoms with van der Waals surface area (Å²) in [5, 5.41) is 27.8. The molecule has 6 rings (SSSR count). The van der Waals surface area contributed by atoms with Crippen LogP contribution in [0.1, 0.15) is 114 Å². The van der Waals surface area contributed by atoms with Gasteiger partial charge in [-0.25, -0.2) is 9.97 Å². The summed E-state index contributed by atoms with van der Waals surface area (Å²) in [4.78, 5) is 41.4. The first kappa shape index (κ1) is 51.1. The lowest BCUT2D eigenvalue weighted by Crippen LogP contribution is -2.54. The summed E-state index contributed by atoms with van der Waals surface area (Å²) >= 11 is 0. The van der Waals surface area contributed by atoms with Crippen molar-refractivity contribution in [2.24, 2.45) is 23.7 Å². The quantitative estimate of drug-likeness (QED) is 0.0633. The summed E-state index contributed by atoms with van der Waals surface area (Å²) in [5.74, 6) is 2.01. The number of para-hydroxylation sites is 4. The lowest BCUT2D eigenvalue weighted by atomic mass is 9.88. The van der Waals surface area contributed by atoms with Gasteiger partial charge in [0.25, 0.3) is 11.8 Å². The minimum atomic E-state index is -0.341. The molecule has 2 amide bonds. The average Bonchev–Trinajstić information content (AvgIpc) is 3.87. The first-order chi connectivity index (χ1) is 30.9. The topological polar surface area (TPSA) is 159 Å². The monoisotopic (exact) mass is 889 g/mol. The molecule has 0 saturated carbocycles. The van der Waals surface area contributed by atoms with E-state index in [1.165, 1.54) is 0 Å². The molecule has 2 aliphatic heterocycles. The highest BCUT2D eigenvalue weighted by molar-refractivity contribution is 5.96. The van der Waals surface area contributed by atoms with Gasteiger partial charge in [0.2, 0.25) is 0 Å². The van der Waals surface area contributed by atoms with Crippen LogP contribution in [-0.4, -0.2) is 142 Å². The van der Waals surface area contributed by atoms with Crippen LogP contribution in [0.15, 0.2) is 48.5 Å². The summed E-state index contributed by atoms with van der Waals surface area (Å²) in [7, 11) is 3.43. The van der Waals surface area contributed by atoms with Gasteiger partial charge in [-0.15, -0.1) is 0 Å². The van der Waals surface area contributed by atoms with Crippen molar-refractivity contribution in [2.45, 2.75) is 130 Å². The molecule has 64 heavy (non-hydrogen) atoms. The van der Waals surface area contributed by atoms with E-state index in [4.69, 9.17) is 19.4 Å². The normalized spacial score (nSPS) is 20.1. The van der Waals surface area contributed by atoms with Crippen LogP contribution in [0.5, 0.6) is 0 Å². The van der Waals surface area contributed by atoms with Crippen LogP contribution in [0.3, 0.4) is 0 Å². The predicted octanol–water partition coefficient (Wildman–Crippen LogP) is 6.62. The van der Waals surface area contributed by atoms with E-state index in [-0.39, 0.29) is 47.9 Å². The number of carbonyl (C=O) groups is 2. The maximum absolute atomic E-state index is 13.9. The number of hydrogen-bond acceptors (Lipinski definition) is 10. The number of nitrogens with one attached hydrogen (secondary N) is 2. The van der Waals surface area contributed by atoms with Crippen molar-refractivity contribution in [3.8, 4) is 0 Å². The Kier molecular flexibility index (Phi) is 20.5. The Bertz CT molecular complexity index is 1870. The van der Waals surface area contributed by atoms with Gasteiger partial charge in [-0.1, -0.05) is 65.8 Å². The Hall–Kier alpha value is -3.92. The molecule has 2 aliphatic rings. The van der Waals surface area contributed by atoms with E-state index in [1.54, 1.807) is 14.2 Å². The third-order valence-corrected chi connectivity index (χ3v) is 12.8. The van der Waals surface area contributed by atoms with Crippen molar-refractivity contribution in [1.82, 2.24) is 39.5 Å². The van der Waals surface area contributed by atoms with Crippen molar-refractivity contribution >= 4 is 33.9 Å². The Balaban J connectivity index is 0.000000241. The molecule has 0 radical (unpaired) electrons. The van der Waals surface area contributed by atoms with Gasteiger partial charge in [0.1, 0.15) is 0 Å². The number of benzene rings is 2. The van der Waals surface area contributed by atoms with Crippen molar-refractivity contribution in [2.75, 3.05) is 66.7 Å². The number of rotatable bonds is 22. The summed E-state index contributed by atoms with van der Waals surface area (Å²) in [6, 6.07) is 16.0. The molecule has 2 aromatic carbocycles. The standard InChI is InChI=1S/2C25H40N4O3/c2*1-5-23(30)19-14-20(16-26-15-19)29(17-18(2)3)25(31)24-27-21-10-6-7-11-22(21)28(24)12-8-9-13-32-4/h2*6-7,10-11,18-20,23,26,30H,5,8-9,12-17H2,1-4H3/t19?,20-,23+;19?,20-,23-/m00/s1. The minimum Gasteiger partial charge on any atom is -0.393 e. The summed E-state index contributed by atoms with van der Waals surface area (Å²) in [6.45, 7) is 19.9. The highest BCUT2D eigenvalue weighted by Gasteiger charge is 2.36. The van der Waals surface area contributed by atoms with Crippen LogP contribution in [0.4, 0.5) is 0 Å². The van der Waals surface area contributed by atoms with Gasteiger partial charge in [0.15, 0.2) is 11.6 Å². The third-order valence-electron chi connectivity index (χ3n) is 12.8. The highest BCUT2D eigenvalue weighted by atomic mass is 16.5. The summed E-state index contributed by atoms with van der Waals surface area (Å²) in [6.07, 6.45) is 6.14. The Morgan fingerprint density at radius 3 is 1.41 bits per heavy atom. The first-order valence-corrected chi connectivity index (χ1v) is 24.2. The molecule has 356 valence electrons. The van der Waals surface area contributed by atoms with Crippen LogP contribution in [0.2, 0.25) is 0 Å². The second-order valence-corrected chi connectivity index (χ2v) is 18.8. The van der Waals surface area contributed by atoms with Gasteiger partial charge >= 0.3 is 0 Å². The van der Waals surface area contributed by atoms with Crippen molar-refractivity contribution in [3.05, 3.63) is 60.2 Å². The fourth-order valence-corrected chi connectivity index (χ4v) is 9.43. The maximum atomic E-state index is 13.9. The number of fused-ring (bicyclic) bond motifs is 2. The average molecular weight is 889 g/mol. The molecule has 2 saturated heterocycles. The summed E-state index contributed by atoms with van der Waals surface area (Å²) < 4.78 is 14.6. The number of hydrogen-bond donors (Lipinski definition) is 4. The molecule has 4 heterocycles. The predicted molar refractivity (Wildman–Crippen MR) is 256 cm³/mol. The zero-order chi connectivity index (χ0) is 46.2. The zero-order valence-corrected chi connectivity index (χ0v) is 40.2. The lowest BCUT2D eigenvalue weighted by molar-refractivity contribution is 0.0382. The van der Waals surface area contributed by atoms with Crippen molar-refractivity contribution in [1.29, 1.82) is 0 Å². The largest absolute Gasteiger partial charge is 0.393 e. The summed E-state index contributed by atoms with van der Waals surface area (Å²) in [5.41, 5.74) is 3.71. The molecular formula is C50H80N8O6. The molecule has 0 aliphatic carbocycles. The van der Waals surface area contributed by atoms with E-state index in [2.05, 4.69) is 47.5 Å². The molecule has 2 unspecified atom stereocenters. The number of imidazole rings is 2. The molecule has 2 fully saturated rings. The second-order valence-electron chi connectivity index (χ2n) is 18.8. The maximum Gasteiger partial charge on any atom is 0.290 e. The van der Waals surface area contributed by atoms with Gasteiger partial charge < -0.3 is 49.3 Å². The fourth-order valence-electron chi connectivity index (χ4n) is 9.43. The smallest absolute Gasteiger partial charge is 0.290 e. The molecule has 4 N–H and O–H groups in total. The number of carbonyl (C=O) groups excluding carboxylic acids is 2. The molecule has 14 nitrogen and oxygen atoms in total. The fraction of sp³-hybridized carbons (Fsp3) is 0.680. The minimum absolute atomic E-state index is 0.0138. The molecule has 0 bridgehead atoms. The molecule has 14 heteroatoms. The third kappa shape index (κ3) is 13.6. The molecule has 4 aromatic rings. The highest BCUT2D eigenvalue weighted by Crippen LogP contribution is 2.27. The Labute approximate surface area is 382 Å². The van der Waals surface area contributed by atoms with Gasteiger partial charge in [0, 0.05) is 91.9 Å². The van der Waals surface area contributed by atoms with Gasteiger partial charge in [0.05, 0.1) is 34.3 Å². The van der Waals surface area contributed by atoms with Crippen LogP contribution in [0, 0.1) is 23.7 Å². The number of aromatic nitrogens is 4. The van der Waals surface area contributed by atoms with E-state index in [9.17, 15) is 19.8 Å². The first-order valence-electron chi connectivity index (χ1n) is 24.2. The van der Waals surface area contributed by atoms with Crippen LogP contribution in [0.25, 0.3) is 22.1 Å². The number of piperidine rings is 2. The van der Waals surface area contributed by atoms with Gasteiger partial charge in [-0.2, -0.15) is 0 Å². The van der Waals surface area contributed by atoms with E-state index in [0.717, 1.165) is 113 Å². The van der Waals surface area contributed by atoms with Crippen LogP contribution >= 0.6 is 0 Å². The van der Waals surface area contributed by atoms with Crippen molar-refractivity contribution < 1.29 is 29.3 Å². The SMILES string of the molecule is CC[C@@H](O)C1CNC[C@@H](N(CC(C)C)C(=O)c2nc3ccccc3n2CCCCOC)C1.CC[C@H](O)C1CNC[C@@H](N(CC(C)C)C(=O)c2nc3ccccc3n2CCCCOC)C1. The van der Waals surface area contributed by atoms with Crippen LogP contribution < -0.4 is 10.6 Å². The van der Waals surface area contributed by atoms with Crippen LogP contribution in [-0.2, 0) is 22.6 Å². The van der Waals surface area contributed by atoms with Gasteiger partial charge in [-0.3, -0.25) is 9.59 Å². The molecular weight excluding hydrogens is 809 g/mol. The number of amides is 2. The Morgan fingerprint density at radius 2 is 1.05 bits per heavy atom. The Morgan fingerprint density at radius 1 is 0.656 bits per heavy atom. The number of ether oxygens (including phenoxy) is 2. The lowest BCUT2D eigenvalue weighted by Gasteiger charge is -2.40. The van der Waals surface area contributed by atoms with Gasteiger partial charge in [-0.05, 0) is 99.3 Å². The number of methoxy groups -OCH3 is 2. The van der Waals surface area contributed by atoms with Crippen molar-refractivity contribution in [3.63, 3.8) is 0 Å². The second kappa shape index (κ2) is 25.7. The number of aryl methyl sites for hydroxylation is 2. The molecule has 6 atom stereocenters. The molecule has 2 aromatic heterocycles. The van der Waals surface area contributed by atoms with E-state index >= 15 is 0 Å². The van der Waals surface area contributed by atoms with E-state index in [1.807, 2.05) is 72.2 Å². The number of aliphatic hydroxyl groups is 2. The number of nitrogens with zero attached hydrogens (tertiary/aromatic N) is 6. The number of unbranched alkanes of at least 4 members (excludes halogenated alkanes) is 2. The molecule has 0 spiro atoms. The van der Waals surface area contributed by atoms with E-state index < -0.39 is 0 Å².